The summed E-state index contributed by atoms with van der Waals surface area (Å²) in [6.07, 6.45) is -1.31. The summed E-state index contributed by atoms with van der Waals surface area (Å²) < 4.78 is 18.1. The van der Waals surface area contributed by atoms with Crippen molar-refractivity contribution in [1.29, 1.82) is 0 Å². The molecule has 2 atom stereocenters. The highest BCUT2D eigenvalue weighted by Gasteiger charge is 2.36. The van der Waals surface area contributed by atoms with Gasteiger partial charge >= 0.3 is 6.03 Å². The molecule has 1 aliphatic heterocycles. The Morgan fingerprint density at radius 3 is 2.86 bits per heavy atom. The monoisotopic (exact) mass is 204 g/mol. The van der Waals surface area contributed by atoms with E-state index in [0.717, 1.165) is 12.8 Å². The SMILES string of the molecule is CCCCO[C@H]1NC(=O)NC(=O)[C@H]1F. The molecule has 0 spiro atoms. The highest BCUT2D eigenvalue weighted by Crippen LogP contribution is 2.06. The van der Waals surface area contributed by atoms with E-state index in [-0.39, 0.29) is 0 Å². The number of imide groups is 1. The number of unbranched alkanes of at least 4 members (excludes halogenated alkanes) is 1. The van der Waals surface area contributed by atoms with Gasteiger partial charge in [0.25, 0.3) is 5.91 Å². The van der Waals surface area contributed by atoms with Crippen LogP contribution in [0.2, 0.25) is 0 Å². The first kappa shape index (κ1) is 10.9. The molecule has 5 nitrogen and oxygen atoms in total. The quantitative estimate of drug-likeness (QED) is 0.647. The third-order valence-corrected chi connectivity index (χ3v) is 1.82. The van der Waals surface area contributed by atoms with Crippen LogP contribution in [0, 0.1) is 0 Å². The van der Waals surface area contributed by atoms with Gasteiger partial charge in [-0.15, -0.1) is 0 Å². The van der Waals surface area contributed by atoms with Gasteiger partial charge in [0.15, 0.2) is 6.23 Å². The molecular weight excluding hydrogens is 191 g/mol. The van der Waals surface area contributed by atoms with Gasteiger partial charge in [-0.2, -0.15) is 0 Å². The number of halogens is 1. The zero-order valence-corrected chi connectivity index (χ0v) is 7.88. The van der Waals surface area contributed by atoms with E-state index in [2.05, 4.69) is 5.32 Å². The summed E-state index contributed by atoms with van der Waals surface area (Å²) in [4.78, 5) is 21.6. The topological polar surface area (TPSA) is 67.4 Å². The molecule has 14 heavy (non-hydrogen) atoms. The van der Waals surface area contributed by atoms with Gasteiger partial charge in [0.05, 0.1) is 0 Å². The third kappa shape index (κ3) is 2.66. The summed E-state index contributed by atoms with van der Waals surface area (Å²) in [5.74, 6) is -0.949. The first-order chi connectivity index (χ1) is 6.65. The number of hydrogen-bond donors (Lipinski definition) is 2. The average Bonchev–Trinajstić information content (AvgIpc) is 2.13. The Kier molecular flexibility index (Phi) is 3.82. The molecule has 0 aliphatic carbocycles. The number of rotatable bonds is 4. The summed E-state index contributed by atoms with van der Waals surface area (Å²) in [5, 5.41) is 3.99. The summed E-state index contributed by atoms with van der Waals surface area (Å²) >= 11 is 0. The van der Waals surface area contributed by atoms with Crippen molar-refractivity contribution in [2.45, 2.75) is 32.2 Å². The standard InChI is InChI=1S/C8H13FN2O3/c1-2-3-4-14-7-5(9)6(12)10-8(13)11-7/h5,7H,2-4H2,1H3,(H2,10,11,12,13)/t5-,7-/m1/s1. The lowest BCUT2D eigenvalue weighted by molar-refractivity contribution is -0.134. The van der Waals surface area contributed by atoms with Crippen LogP contribution in [0.1, 0.15) is 19.8 Å². The van der Waals surface area contributed by atoms with E-state index in [1.165, 1.54) is 0 Å². The van der Waals surface area contributed by atoms with Crippen molar-refractivity contribution in [3.05, 3.63) is 0 Å². The van der Waals surface area contributed by atoms with E-state index in [1.54, 1.807) is 5.32 Å². The van der Waals surface area contributed by atoms with Gasteiger partial charge in [-0.05, 0) is 6.42 Å². The maximum absolute atomic E-state index is 13.1. The molecule has 0 aromatic carbocycles. The first-order valence-electron chi connectivity index (χ1n) is 4.52. The van der Waals surface area contributed by atoms with E-state index in [1.807, 2.05) is 6.92 Å². The largest absolute Gasteiger partial charge is 0.355 e. The summed E-state index contributed by atoms with van der Waals surface area (Å²) in [7, 11) is 0. The number of hydrogen-bond acceptors (Lipinski definition) is 3. The number of nitrogens with one attached hydrogen (secondary N) is 2. The Balaban J connectivity index is 2.41. The molecule has 0 aromatic heterocycles. The van der Waals surface area contributed by atoms with E-state index in [0.29, 0.717) is 6.61 Å². The van der Waals surface area contributed by atoms with Crippen molar-refractivity contribution < 1.29 is 18.7 Å². The lowest BCUT2D eigenvalue weighted by Gasteiger charge is -2.26. The molecule has 2 N–H and O–H groups in total. The minimum Gasteiger partial charge on any atom is -0.355 e. The normalized spacial score (nSPS) is 27.0. The number of amides is 3. The van der Waals surface area contributed by atoms with Crippen LogP contribution in [0.15, 0.2) is 0 Å². The smallest absolute Gasteiger partial charge is 0.323 e. The highest BCUT2D eigenvalue weighted by atomic mass is 19.1. The second-order valence-electron chi connectivity index (χ2n) is 3.01. The third-order valence-electron chi connectivity index (χ3n) is 1.82. The van der Waals surface area contributed by atoms with Crippen LogP contribution in [0.5, 0.6) is 0 Å². The second-order valence-corrected chi connectivity index (χ2v) is 3.01. The van der Waals surface area contributed by atoms with Crippen LogP contribution in [0.4, 0.5) is 9.18 Å². The molecule has 1 rings (SSSR count). The van der Waals surface area contributed by atoms with Crippen molar-refractivity contribution in [3.63, 3.8) is 0 Å². The molecule has 0 unspecified atom stereocenters. The summed E-state index contributed by atoms with van der Waals surface area (Å²) in [5.41, 5.74) is 0. The lowest BCUT2D eigenvalue weighted by Crippen LogP contribution is -2.60. The predicted octanol–water partition coefficient (Wildman–Crippen LogP) is 0.307. The minimum atomic E-state index is -1.83. The van der Waals surface area contributed by atoms with Crippen molar-refractivity contribution in [3.8, 4) is 0 Å². The molecule has 6 heteroatoms. The molecule has 0 bridgehead atoms. The van der Waals surface area contributed by atoms with Gasteiger partial charge in [0.1, 0.15) is 0 Å². The van der Waals surface area contributed by atoms with Gasteiger partial charge in [-0.1, -0.05) is 13.3 Å². The molecule has 80 valence electrons. The molecular formula is C8H13FN2O3. The zero-order chi connectivity index (χ0) is 10.6. The van der Waals surface area contributed by atoms with E-state index in [9.17, 15) is 14.0 Å². The number of carbonyl (C=O) groups excluding carboxylic acids is 2. The van der Waals surface area contributed by atoms with Crippen molar-refractivity contribution in [2.24, 2.45) is 0 Å². The molecule has 0 saturated carbocycles. The molecule has 1 aliphatic rings. The number of urea groups is 1. The molecule has 0 aromatic rings. The zero-order valence-electron chi connectivity index (χ0n) is 7.88. The van der Waals surface area contributed by atoms with Gasteiger partial charge < -0.3 is 10.1 Å². The lowest BCUT2D eigenvalue weighted by atomic mass is 10.2. The van der Waals surface area contributed by atoms with Crippen molar-refractivity contribution in [2.75, 3.05) is 6.61 Å². The fourth-order valence-electron chi connectivity index (χ4n) is 1.04. The van der Waals surface area contributed by atoms with Crippen LogP contribution in [-0.2, 0) is 9.53 Å². The highest BCUT2D eigenvalue weighted by molar-refractivity contribution is 5.99. The Morgan fingerprint density at radius 2 is 2.21 bits per heavy atom. The van der Waals surface area contributed by atoms with E-state index < -0.39 is 24.3 Å². The number of carbonyl (C=O) groups is 2. The Morgan fingerprint density at radius 1 is 1.50 bits per heavy atom. The summed E-state index contributed by atoms with van der Waals surface area (Å²) in [6.45, 7) is 2.29. The second kappa shape index (κ2) is 4.90. The van der Waals surface area contributed by atoms with Crippen LogP contribution >= 0.6 is 0 Å². The van der Waals surface area contributed by atoms with E-state index >= 15 is 0 Å². The average molecular weight is 204 g/mol. The van der Waals surface area contributed by atoms with Gasteiger partial charge in [-0.3, -0.25) is 10.1 Å². The van der Waals surface area contributed by atoms with Gasteiger partial charge in [-0.25, -0.2) is 9.18 Å². The van der Waals surface area contributed by atoms with Crippen LogP contribution in [0.3, 0.4) is 0 Å². The maximum Gasteiger partial charge on any atom is 0.323 e. The Labute approximate surface area is 81.0 Å². The van der Waals surface area contributed by atoms with Crippen molar-refractivity contribution >= 4 is 11.9 Å². The minimum absolute atomic E-state index is 0.329. The Hall–Kier alpha value is -1.17. The van der Waals surface area contributed by atoms with Gasteiger partial charge in [0, 0.05) is 6.61 Å². The first-order valence-corrected chi connectivity index (χ1v) is 4.52. The number of alkyl halides is 1. The Bertz CT molecular complexity index is 235. The van der Waals surface area contributed by atoms with E-state index in [4.69, 9.17) is 4.74 Å². The molecule has 1 fully saturated rings. The molecule has 1 heterocycles. The number of ether oxygens (including phenoxy) is 1. The van der Waals surface area contributed by atoms with Gasteiger partial charge in [0.2, 0.25) is 6.17 Å². The van der Waals surface area contributed by atoms with Crippen LogP contribution in [-0.4, -0.2) is 30.9 Å². The molecule has 0 radical (unpaired) electrons. The molecule has 1 saturated heterocycles. The van der Waals surface area contributed by atoms with Crippen molar-refractivity contribution in [1.82, 2.24) is 10.6 Å². The van der Waals surface area contributed by atoms with Crippen LogP contribution in [0.25, 0.3) is 0 Å². The fourth-order valence-corrected chi connectivity index (χ4v) is 1.04. The maximum atomic E-state index is 13.1. The summed E-state index contributed by atoms with van der Waals surface area (Å²) in [6, 6.07) is -0.717. The van der Waals surface area contributed by atoms with Crippen LogP contribution < -0.4 is 10.6 Å². The predicted molar refractivity (Wildman–Crippen MR) is 46.2 cm³/mol. The fraction of sp³-hybridized carbons (Fsp3) is 0.750. The molecule has 3 amide bonds.